The Morgan fingerprint density at radius 2 is 1.54 bits per heavy atom. The maximum Gasteiger partial charge on any atom is 0.257 e. The Morgan fingerprint density at radius 3 is 2.23 bits per heavy atom. The number of aryl methyl sites for hydroxylation is 2. The minimum atomic E-state index is -0.277. The molecule has 2 heterocycles. The molecule has 9 nitrogen and oxygen atoms in total. The zero-order valence-corrected chi connectivity index (χ0v) is 22.2. The lowest BCUT2D eigenvalue weighted by molar-refractivity contribution is 0.0956. The van der Waals surface area contributed by atoms with Gasteiger partial charge in [0, 0.05) is 13.1 Å². The highest BCUT2D eigenvalue weighted by Crippen LogP contribution is 2.30. The molecule has 0 fully saturated rings. The Hall–Kier alpha value is -4.79. The molecule has 0 unspecified atom stereocenters. The Morgan fingerprint density at radius 1 is 0.846 bits per heavy atom. The van der Waals surface area contributed by atoms with Gasteiger partial charge in [0.1, 0.15) is 22.6 Å². The molecule has 9 heteroatoms. The number of amides is 1. The quantitative estimate of drug-likeness (QED) is 0.278. The Kier molecular flexibility index (Phi) is 7.49. The summed E-state index contributed by atoms with van der Waals surface area (Å²) in [7, 11) is 4.85. The molecule has 0 atom stereocenters. The molecule has 5 aromatic rings. The normalized spacial score (nSPS) is 11.1. The third-order valence-electron chi connectivity index (χ3n) is 6.75. The van der Waals surface area contributed by atoms with Gasteiger partial charge in [-0.15, -0.1) is 0 Å². The van der Waals surface area contributed by atoms with E-state index in [2.05, 4.69) is 5.32 Å². The molecule has 0 saturated carbocycles. The van der Waals surface area contributed by atoms with Gasteiger partial charge in [-0.2, -0.15) is 0 Å². The number of carbonyl (C=O) groups excluding carboxylic acids is 1. The van der Waals surface area contributed by atoms with Crippen molar-refractivity contribution in [2.45, 2.75) is 19.4 Å². The number of hydrogen-bond donors (Lipinski definition) is 2. The van der Waals surface area contributed by atoms with Crippen molar-refractivity contribution in [2.24, 2.45) is 0 Å². The van der Waals surface area contributed by atoms with Crippen LogP contribution >= 0.6 is 0 Å². The van der Waals surface area contributed by atoms with E-state index in [4.69, 9.17) is 29.9 Å². The lowest BCUT2D eigenvalue weighted by Crippen LogP contribution is -2.26. The fourth-order valence-corrected chi connectivity index (χ4v) is 4.65. The molecule has 0 aliphatic rings. The highest BCUT2D eigenvalue weighted by atomic mass is 16.5. The standard InChI is InChI=1S/C30H31N5O4/c1-37-21-11-8-19(9-12-21)14-16-32-30(36)26-27-29(34-23-7-5-4-6-22(23)33-27)35(28(26)31)17-15-20-10-13-24(38-2)25(18-20)39-3/h4-13,18H,14-17,31H2,1-3H3,(H,32,36). The van der Waals surface area contributed by atoms with Crippen LogP contribution in [-0.2, 0) is 19.4 Å². The van der Waals surface area contributed by atoms with Crippen LogP contribution in [0.25, 0.3) is 22.2 Å². The molecule has 1 amide bonds. The van der Waals surface area contributed by atoms with Crippen LogP contribution in [0.2, 0.25) is 0 Å². The molecule has 0 aliphatic carbocycles. The monoisotopic (exact) mass is 525 g/mol. The predicted molar refractivity (Wildman–Crippen MR) is 152 cm³/mol. The molecule has 5 rings (SSSR count). The molecule has 3 aromatic carbocycles. The van der Waals surface area contributed by atoms with E-state index in [-0.39, 0.29) is 5.91 Å². The number of methoxy groups -OCH3 is 3. The zero-order valence-electron chi connectivity index (χ0n) is 22.2. The number of nitrogen functional groups attached to an aromatic ring is 1. The molecule has 0 radical (unpaired) electrons. The van der Waals surface area contributed by atoms with Crippen molar-refractivity contribution in [1.29, 1.82) is 0 Å². The Bertz CT molecular complexity index is 1630. The average molecular weight is 526 g/mol. The van der Waals surface area contributed by atoms with Gasteiger partial charge in [-0.25, -0.2) is 9.97 Å². The minimum absolute atomic E-state index is 0.277. The van der Waals surface area contributed by atoms with Crippen molar-refractivity contribution < 1.29 is 19.0 Å². The number of fused-ring (bicyclic) bond motifs is 2. The Labute approximate surface area is 226 Å². The molecule has 2 aromatic heterocycles. The SMILES string of the molecule is COc1ccc(CCNC(=O)c2c(N)n(CCc3ccc(OC)c(OC)c3)c3nc4ccccc4nc23)cc1. The summed E-state index contributed by atoms with van der Waals surface area (Å²) in [6, 6.07) is 21.2. The van der Waals surface area contributed by atoms with Crippen LogP contribution in [0.4, 0.5) is 5.82 Å². The predicted octanol–water partition coefficient (Wildman–Crippen LogP) is 4.41. The van der Waals surface area contributed by atoms with E-state index < -0.39 is 0 Å². The topological polar surface area (TPSA) is 114 Å². The maximum absolute atomic E-state index is 13.4. The summed E-state index contributed by atoms with van der Waals surface area (Å²) in [4.78, 5) is 23.1. The molecule has 0 spiro atoms. The summed E-state index contributed by atoms with van der Waals surface area (Å²) < 4.78 is 17.9. The highest BCUT2D eigenvalue weighted by Gasteiger charge is 2.24. The number of anilines is 1. The van der Waals surface area contributed by atoms with E-state index in [1.165, 1.54) is 0 Å². The van der Waals surface area contributed by atoms with Gasteiger partial charge in [-0.1, -0.05) is 30.3 Å². The molecule has 0 bridgehead atoms. The van der Waals surface area contributed by atoms with Gasteiger partial charge in [-0.05, 0) is 60.4 Å². The summed E-state index contributed by atoms with van der Waals surface area (Å²) in [5, 5.41) is 3.01. The van der Waals surface area contributed by atoms with E-state index in [0.29, 0.717) is 65.5 Å². The summed E-state index contributed by atoms with van der Waals surface area (Å²) in [6.07, 6.45) is 1.31. The second-order valence-corrected chi connectivity index (χ2v) is 9.09. The highest BCUT2D eigenvalue weighted by molar-refractivity contribution is 6.10. The van der Waals surface area contributed by atoms with Gasteiger partial charge in [0.05, 0.1) is 32.4 Å². The van der Waals surface area contributed by atoms with Gasteiger partial charge in [0.15, 0.2) is 17.1 Å². The van der Waals surface area contributed by atoms with Crippen molar-refractivity contribution in [3.05, 3.63) is 83.4 Å². The van der Waals surface area contributed by atoms with Crippen molar-refractivity contribution in [2.75, 3.05) is 33.6 Å². The van der Waals surface area contributed by atoms with Crippen LogP contribution in [0, 0.1) is 0 Å². The summed E-state index contributed by atoms with van der Waals surface area (Å²) in [5.41, 5.74) is 11.6. The zero-order chi connectivity index (χ0) is 27.4. The number of para-hydroxylation sites is 2. The van der Waals surface area contributed by atoms with Crippen LogP contribution < -0.4 is 25.3 Å². The third kappa shape index (κ3) is 5.29. The van der Waals surface area contributed by atoms with Crippen molar-refractivity contribution in [3.63, 3.8) is 0 Å². The van der Waals surface area contributed by atoms with E-state index >= 15 is 0 Å². The lowest BCUT2D eigenvalue weighted by atomic mass is 10.1. The van der Waals surface area contributed by atoms with E-state index in [1.54, 1.807) is 21.3 Å². The smallest absolute Gasteiger partial charge is 0.257 e. The van der Waals surface area contributed by atoms with E-state index in [9.17, 15) is 4.79 Å². The number of nitrogens with zero attached hydrogens (tertiary/aromatic N) is 3. The Balaban J connectivity index is 1.43. The van der Waals surface area contributed by atoms with E-state index in [1.807, 2.05) is 71.3 Å². The molecular formula is C30H31N5O4. The number of nitrogens with one attached hydrogen (secondary N) is 1. The third-order valence-corrected chi connectivity index (χ3v) is 6.75. The number of ether oxygens (including phenoxy) is 3. The van der Waals surface area contributed by atoms with Gasteiger partial charge in [0.2, 0.25) is 0 Å². The number of carbonyl (C=O) groups is 1. The number of rotatable bonds is 10. The molecule has 0 saturated heterocycles. The van der Waals surface area contributed by atoms with Gasteiger partial charge in [0.25, 0.3) is 5.91 Å². The second kappa shape index (κ2) is 11.3. The largest absolute Gasteiger partial charge is 0.497 e. The number of hydrogen-bond acceptors (Lipinski definition) is 7. The fourth-order valence-electron chi connectivity index (χ4n) is 4.65. The van der Waals surface area contributed by atoms with Crippen LogP contribution in [0.5, 0.6) is 17.2 Å². The first-order chi connectivity index (χ1) is 19.0. The minimum Gasteiger partial charge on any atom is -0.497 e. The summed E-state index contributed by atoms with van der Waals surface area (Å²) >= 11 is 0. The average Bonchev–Trinajstić information content (AvgIpc) is 3.24. The maximum atomic E-state index is 13.4. The van der Waals surface area contributed by atoms with Gasteiger partial charge < -0.3 is 29.8 Å². The van der Waals surface area contributed by atoms with Crippen LogP contribution in [0.15, 0.2) is 66.7 Å². The fraction of sp³-hybridized carbons (Fsp3) is 0.233. The first-order valence-electron chi connectivity index (χ1n) is 12.7. The first-order valence-corrected chi connectivity index (χ1v) is 12.7. The lowest BCUT2D eigenvalue weighted by Gasteiger charge is -2.11. The first kappa shape index (κ1) is 25.8. The van der Waals surface area contributed by atoms with Crippen molar-refractivity contribution >= 4 is 33.9 Å². The summed E-state index contributed by atoms with van der Waals surface area (Å²) in [5.74, 6) is 2.17. The van der Waals surface area contributed by atoms with Crippen LogP contribution in [-0.4, -0.2) is 48.3 Å². The molecule has 39 heavy (non-hydrogen) atoms. The number of benzene rings is 3. The van der Waals surface area contributed by atoms with Crippen molar-refractivity contribution in [1.82, 2.24) is 19.9 Å². The molecular weight excluding hydrogens is 494 g/mol. The van der Waals surface area contributed by atoms with Gasteiger partial charge in [-0.3, -0.25) is 4.79 Å². The molecule has 0 aliphatic heterocycles. The van der Waals surface area contributed by atoms with E-state index in [0.717, 1.165) is 22.4 Å². The molecule has 3 N–H and O–H groups in total. The van der Waals surface area contributed by atoms with Crippen molar-refractivity contribution in [3.8, 4) is 17.2 Å². The van der Waals surface area contributed by atoms with Crippen LogP contribution in [0.3, 0.4) is 0 Å². The number of nitrogens with two attached hydrogens (primary N) is 1. The van der Waals surface area contributed by atoms with Crippen LogP contribution in [0.1, 0.15) is 21.5 Å². The summed E-state index contributed by atoms with van der Waals surface area (Å²) in [6.45, 7) is 0.952. The number of aromatic nitrogens is 3. The molecule has 200 valence electrons. The van der Waals surface area contributed by atoms with Gasteiger partial charge >= 0.3 is 0 Å². The second-order valence-electron chi connectivity index (χ2n) is 9.09.